The van der Waals surface area contributed by atoms with Gasteiger partial charge in [0.1, 0.15) is 5.37 Å². The Morgan fingerprint density at radius 1 is 1.33 bits per heavy atom. The van der Waals surface area contributed by atoms with E-state index in [4.69, 9.17) is 4.55 Å². The van der Waals surface area contributed by atoms with Gasteiger partial charge in [0.15, 0.2) is 0 Å². The van der Waals surface area contributed by atoms with Crippen LogP contribution in [0.3, 0.4) is 0 Å². The molecule has 2 rings (SSSR count). The fraction of sp³-hybridized carbons (Fsp3) is 1.00. The number of fused-ring (bicyclic) bond motifs is 1. The molecule has 0 bridgehead atoms. The molecular weight excluding hydrogens is 178 g/mol. The van der Waals surface area contributed by atoms with Crippen LogP contribution in [0.2, 0.25) is 0 Å². The van der Waals surface area contributed by atoms with Crippen LogP contribution in [-0.2, 0) is 10.1 Å². The van der Waals surface area contributed by atoms with E-state index in [-0.39, 0.29) is 5.92 Å². The lowest BCUT2D eigenvalue weighted by atomic mass is 10.0. The van der Waals surface area contributed by atoms with Crippen molar-refractivity contribution >= 4 is 10.1 Å². The van der Waals surface area contributed by atoms with E-state index in [1.807, 2.05) is 0 Å². The normalized spacial score (nSPS) is 41.6. The standard InChI is InChI=1S/C7H13NO3S/c9-12(10,11)7-6-3-1-2-5(6)4-8-7/h5-8H,1-4H2,(H,9,10,11)/t5-,6-,7-/m0/s1. The molecule has 0 aromatic carbocycles. The van der Waals surface area contributed by atoms with Crippen molar-refractivity contribution in [2.24, 2.45) is 11.8 Å². The molecule has 0 spiro atoms. The third-order valence-corrected chi connectivity index (χ3v) is 4.17. The molecule has 2 N–H and O–H groups in total. The first-order chi connectivity index (χ1) is 5.59. The highest BCUT2D eigenvalue weighted by Gasteiger charge is 2.44. The summed E-state index contributed by atoms with van der Waals surface area (Å²) in [6.07, 6.45) is 3.13. The summed E-state index contributed by atoms with van der Waals surface area (Å²) in [6, 6.07) is 0. The van der Waals surface area contributed by atoms with Crippen molar-refractivity contribution in [2.45, 2.75) is 24.6 Å². The SMILES string of the molecule is O=S(=O)(O)[C@@H]1NC[C@@H]2CCC[C@@H]21. The van der Waals surface area contributed by atoms with Crippen LogP contribution >= 0.6 is 0 Å². The Kier molecular flexibility index (Phi) is 1.89. The maximum Gasteiger partial charge on any atom is 0.281 e. The van der Waals surface area contributed by atoms with Crippen LogP contribution in [0.1, 0.15) is 19.3 Å². The molecule has 2 aliphatic rings. The van der Waals surface area contributed by atoms with Crippen LogP contribution in [0.25, 0.3) is 0 Å². The molecule has 0 aromatic rings. The molecule has 1 saturated carbocycles. The lowest BCUT2D eigenvalue weighted by molar-refractivity contribution is 0.415. The summed E-state index contributed by atoms with van der Waals surface area (Å²) in [5.41, 5.74) is 0. The van der Waals surface area contributed by atoms with Gasteiger partial charge in [0.05, 0.1) is 0 Å². The van der Waals surface area contributed by atoms with E-state index < -0.39 is 15.5 Å². The van der Waals surface area contributed by atoms with Gasteiger partial charge >= 0.3 is 0 Å². The largest absolute Gasteiger partial charge is 0.299 e. The van der Waals surface area contributed by atoms with E-state index in [0.29, 0.717) is 5.92 Å². The summed E-state index contributed by atoms with van der Waals surface area (Å²) in [5, 5.41) is 2.17. The second-order valence-corrected chi connectivity index (χ2v) is 5.24. The zero-order valence-electron chi connectivity index (χ0n) is 6.73. The van der Waals surface area contributed by atoms with Crippen LogP contribution < -0.4 is 5.32 Å². The van der Waals surface area contributed by atoms with Gasteiger partial charge in [0, 0.05) is 0 Å². The highest BCUT2D eigenvalue weighted by atomic mass is 32.2. The van der Waals surface area contributed by atoms with Crippen molar-refractivity contribution < 1.29 is 13.0 Å². The maximum atomic E-state index is 10.9. The van der Waals surface area contributed by atoms with Gasteiger partial charge in [-0.2, -0.15) is 8.42 Å². The molecule has 2 fully saturated rings. The van der Waals surface area contributed by atoms with Crippen molar-refractivity contribution in [3.8, 4) is 0 Å². The predicted molar refractivity (Wildman–Crippen MR) is 44.2 cm³/mol. The lowest BCUT2D eigenvalue weighted by Crippen LogP contribution is -2.35. The molecule has 1 heterocycles. The summed E-state index contributed by atoms with van der Waals surface area (Å²) in [6.45, 7) is 0.745. The molecule has 0 aromatic heterocycles. The Hall–Kier alpha value is -0.130. The third kappa shape index (κ3) is 1.26. The summed E-state index contributed by atoms with van der Waals surface area (Å²) in [4.78, 5) is 0. The zero-order valence-corrected chi connectivity index (χ0v) is 7.55. The second-order valence-electron chi connectivity index (χ2n) is 3.70. The molecular formula is C7H13NO3S. The molecule has 12 heavy (non-hydrogen) atoms. The highest BCUT2D eigenvalue weighted by molar-refractivity contribution is 7.86. The number of rotatable bonds is 1. The Morgan fingerprint density at radius 3 is 2.75 bits per heavy atom. The van der Waals surface area contributed by atoms with Crippen molar-refractivity contribution in [2.75, 3.05) is 6.54 Å². The van der Waals surface area contributed by atoms with Gasteiger partial charge in [0.25, 0.3) is 10.1 Å². The molecule has 0 amide bonds. The quantitative estimate of drug-likeness (QED) is 0.582. The van der Waals surface area contributed by atoms with Crippen LogP contribution in [0.4, 0.5) is 0 Å². The van der Waals surface area contributed by atoms with E-state index in [0.717, 1.165) is 25.8 Å². The molecule has 3 atom stereocenters. The predicted octanol–water partition coefficient (Wildman–Crippen LogP) is 0.220. The molecule has 1 aliphatic heterocycles. The zero-order chi connectivity index (χ0) is 8.77. The van der Waals surface area contributed by atoms with Crippen LogP contribution in [0.15, 0.2) is 0 Å². The van der Waals surface area contributed by atoms with Gasteiger partial charge in [-0.05, 0) is 31.2 Å². The Balaban J connectivity index is 2.20. The average Bonchev–Trinajstić information content (AvgIpc) is 2.37. The Labute approximate surface area is 72.1 Å². The fourth-order valence-electron chi connectivity index (χ4n) is 2.46. The molecule has 0 unspecified atom stereocenters. The van der Waals surface area contributed by atoms with Crippen LogP contribution in [0.5, 0.6) is 0 Å². The summed E-state index contributed by atoms with van der Waals surface area (Å²) in [7, 11) is -3.87. The van der Waals surface area contributed by atoms with Crippen LogP contribution in [-0.4, -0.2) is 24.9 Å². The third-order valence-electron chi connectivity index (χ3n) is 3.01. The summed E-state index contributed by atoms with van der Waals surface area (Å²) >= 11 is 0. The molecule has 70 valence electrons. The minimum atomic E-state index is -3.87. The molecule has 1 saturated heterocycles. The summed E-state index contributed by atoms with van der Waals surface area (Å²) in [5.74, 6) is 0.622. The number of hydrogen-bond acceptors (Lipinski definition) is 3. The molecule has 1 aliphatic carbocycles. The first kappa shape index (κ1) is 8.47. The Morgan fingerprint density at radius 2 is 2.08 bits per heavy atom. The van der Waals surface area contributed by atoms with Crippen molar-refractivity contribution in [1.82, 2.24) is 5.32 Å². The van der Waals surface area contributed by atoms with Gasteiger partial charge in [-0.15, -0.1) is 0 Å². The van der Waals surface area contributed by atoms with Gasteiger partial charge < -0.3 is 0 Å². The minimum Gasteiger partial charge on any atom is -0.299 e. The van der Waals surface area contributed by atoms with Crippen LogP contribution in [0, 0.1) is 11.8 Å². The fourth-order valence-corrected chi connectivity index (χ4v) is 3.57. The highest BCUT2D eigenvalue weighted by Crippen LogP contribution is 2.38. The molecule has 0 radical (unpaired) electrons. The monoisotopic (exact) mass is 191 g/mol. The minimum absolute atomic E-state index is 0.153. The Bertz CT molecular complexity index is 274. The number of hydrogen-bond donors (Lipinski definition) is 2. The van der Waals surface area contributed by atoms with Gasteiger partial charge in [0.2, 0.25) is 0 Å². The van der Waals surface area contributed by atoms with E-state index in [1.165, 1.54) is 0 Å². The topological polar surface area (TPSA) is 66.4 Å². The molecule has 4 nitrogen and oxygen atoms in total. The lowest BCUT2D eigenvalue weighted by Gasteiger charge is -2.13. The average molecular weight is 191 g/mol. The maximum absolute atomic E-state index is 10.9. The van der Waals surface area contributed by atoms with E-state index >= 15 is 0 Å². The number of nitrogens with one attached hydrogen (secondary N) is 1. The van der Waals surface area contributed by atoms with Gasteiger partial charge in [-0.3, -0.25) is 9.87 Å². The van der Waals surface area contributed by atoms with Crippen molar-refractivity contribution in [1.29, 1.82) is 0 Å². The second kappa shape index (κ2) is 2.68. The van der Waals surface area contributed by atoms with E-state index in [2.05, 4.69) is 5.32 Å². The van der Waals surface area contributed by atoms with Crippen molar-refractivity contribution in [3.63, 3.8) is 0 Å². The van der Waals surface area contributed by atoms with Crippen molar-refractivity contribution in [3.05, 3.63) is 0 Å². The van der Waals surface area contributed by atoms with Gasteiger partial charge in [-0.1, -0.05) is 6.42 Å². The first-order valence-corrected chi connectivity index (χ1v) is 5.79. The first-order valence-electron chi connectivity index (χ1n) is 4.29. The van der Waals surface area contributed by atoms with Gasteiger partial charge in [-0.25, -0.2) is 0 Å². The molecule has 5 heteroatoms. The summed E-state index contributed by atoms with van der Waals surface area (Å²) < 4.78 is 30.6. The smallest absolute Gasteiger partial charge is 0.281 e. The van der Waals surface area contributed by atoms with E-state index in [9.17, 15) is 8.42 Å². The van der Waals surface area contributed by atoms with E-state index in [1.54, 1.807) is 0 Å².